The van der Waals surface area contributed by atoms with Crippen LogP contribution < -0.4 is 4.74 Å². The highest BCUT2D eigenvalue weighted by Crippen LogP contribution is 2.42. The van der Waals surface area contributed by atoms with Crippen molar-refractivity contribution in [3.05, 3.63) is 46.0 Å². The van der Waals surface area contributed by atoms with E-state index in [-0.39, 0.29) is 34.8 Å². The number of carbonyl (C=O) groups is 1. The summed E-state index contributed by atoms with van der Waals surface area (Å²) in [6, 6.07) is 4.35. The second-order valence-corrected chi connectivity index (χ2v) is 5.10. The Kier molecular flexibility index (Phi) is 2.79. The lowest BCUT2D eigenvalue weighted by Gasteiger charge is -2.22. The summed E-state index contributed by atoms with van der Waals surface area (Å²) in [5.41, 5.74) is 1.62. The van der Waals surface area contributed by atoms with Gasteiger partial charge in [0, 0.05) is 18.1 Å². The first kappa shape index (κ1) is 13.3. The molecule has 1 aliphatic carbocycles. The average molecular weight is 286 g/mol. The minimum absolute atomic E-state index is 0.0101. The lowest BCUT2D eigenvalue weighted by molar-refractivity contribution is 0.102. The summed E-state index contributed by atoms with van der Waals surface area (Å²) >= 11 is 0. The van der Waals surface area contributed by atoms with E-state index >= 15 is 0 Å². The van der Waals surface area contributed by atoms with Crippen LogP contribution >= 0.6 is 0 Å². The number of hydrogen-bond donors (Lipinski definition) is 3. The van der Waals surface area contributed by atoms with Crippen LogP contribution in [0.3, 0.4) is 0 Å². The van der Waals surface area contributed by atoms with E-state index in [1.165, 1.54) is 19.2 Å². The van der Waals surface area contributed by atoms with E-state index in [0.29, 0.717) is 22.4 Å². The maximum Gasteiger partial charge on any atom is 0.201 e. The molecule has 0 aliphatic heterocycles. The normalized spacial score (nSPS) is 12.8. The predicted octanol–water partition coefficient (Wildman–Crippen LogP) is 2.26. The quantitative estimate of drug-likeness (QED) is 0.597. The van der Waals surface area contributed by atoms with Crippen LogP contribution in [0, 0.1) is 6.92 Å². The summed E-state index contributed by atoms with van der Waals surface area (Å²) in [5.74, 6) is -0.465. The molecular formula is C16H14O5. The van der Waals surface area contributed by atoms with Gasteiger partial charge in [0.25, 0.3) is 0 Å². The second kappa shape index (κ2) is 4.41. The molecule has 0 heterocycles. The number of benzene rings is 2. The van der Waals surface area contributed by atoms with Crippen LogP contribution in [0.5, 0.6) is 23.0 Å². The molecular weight excluding hydrogens is 272 g/mol. The zero-order valence-electron chi connectivity index (χ0n) is 11.6. The summed E-state index contributed by atoms with van der Waals surface area (Å²) in [4.78, 5) is 12.5. The molecule has 0 amide bonds. The molecule has 2 aromatic carbocycles. The Bertz CT molecular complexity index is 777. The third-order valence-corrected chi connectivity index (χ3v) is 3.80. The van der Waals surface area contributed by atoms with E-state index in [1.807, 2.05) is 0 Å². The van der Waals surface area contributed by atoms with Gasteiger partial charge in [0.05, 0.1) is 18.2 Å². The smallest absolute Gasteiger partial charge is 0.201 e. The third-order valence-electron chi connectivity index (χ3n) is 3.80. The molecule has 0 atom stereocenters. The van der Waals surface area contributed by atoms with Crippen LogP contribution in [0.1, 0.15) is 32.6 Å². The molecule has 0 saturated heterocycles. The molecule has 108 valence electrons. The number of methoxy groups -OCH3 is 1. The van der Waals surface area contributed by atoms with Gasteiger partial charge < -0.3 is 20.1 Å². The minimum Gasteiger partial charge on any atom is -0.507 e. The van der Waals surface area contributed by atoms with Gasteiger partial charge in [-0.15, -0.1) is 0 Å². The van der Waals surface area contributed by atoms with Gasteiger partial charge in [-0.2, -0.15) is 0 Å². The summed E-state index contributed by atoms with van der Waals surface area (Å²) in [7, 11) is 1.47. The highest BCUT2D eigenvalue weighted by atomic mass is 16.5. The van der Waals surface area contributed by atoms with E-state index in [4.69, 9.17) is 4.74 Å². The number of ketones is 1. The standard InChI is InChI=1S/C16H14O5/c1-7-3-11(17)14-10(15(7)19)5-8-4-9(21-2)6-12(18)13(8)16(14)20/h3-4,6,17-19H,5H2,1-2H3. The Morgan fingerprint density at radius 1 is 1.05 bits per heavy atom. The van der Waals surface area contributed by atoms with E-state index in [0.717, 1.165) is 0 Å². The molecule has 0 fully saturated rings. The first-order chi connectivity index (χ1) is 9.93. The molecule has 5 heteroatoms. The van der Waals surface area contributed by atoms with Gasteiger partial charge in [0.15, 0.2) is 0 Å². The van der Waals surface area contributed by atoms with Crippen molar-refractivity contribution in [3.63, 3.8) is 0 Å². The summed E-state index contributed by atoms with van der Waals surface area (Å²) < 4.78 is 5.08. The van der Waals surface area contributed by atoms with Crippen LogP contribution in [-0.2, 0) is 6.42 Å². The second-order valence-electron chi connectivity index (χ2n) is 5.10. The summed E-state index contributed by atoms with van der Waals surface area (Å²) in [5, 5.41) is 30.2. The Hall–Kier alpha value is -2.69. The molecule has 0 saturated carbocycles. The van der Waals surface area contributed by atoms with E-state index < -0.39 is 5.78 Å². The highest BCUT2D eigenvalue weighted by molar-refractivity contribution is 6.16. The largest absolute Gasteiger partial charge is 0.507 e. The number of hydrogen-bond acceptors (Lipinski definition) is 5. The first-order valence-electron chi connectivity index (χ1n) is 6.43. The molecule has 0 aromatic heterocycles. The van der Waals surface area contributed by atoms with Crippen molar-refractivity contribution < 1.29 is 24.9 Å². The maximum absolute atomic E-state index is 12.5. The zero-order chi connectivity index (χ0) is 15.3. The maximum atomic E-state index is 12.5. The molecule has 0 unspecified atom stereocenters. The summed E-state index contributed by atoms with van der Waals surface area (Å²) in [6.07, 6.45) is 0.238. The van der Waals surface area contributed by atoms with Gasteiger partial charge in [-0.25, -0.2) is 0 Å². The van der Waals surface area contributed by atoms with Gasteiger partial charge in [-0.3, -0.25) is 4.79 Å². The van der Waals surface area contributed by atoms with Gasteiger partial charge in [-0.05, 0) is 30.2 Å². The van der Waals surface area contributed by atoms with Gasteiger partial charge in [0.2, 0.25) is 5.78 Å². The highest BCUT2D eigenvalue weighted by Gasteiger charge is 2.32. The monoisotopic (exact) mass is 286 g/mol. The lowest BCUT2D eigenvalue weighted by atomic mass is 9.82. The number of ether oxygens (including phenoxy) is 1. The number of phenols is 3. The molecule has 0 spiro atoms. The fourth-order valence-electron chi connectivity index (χ4n) is 2.77. The topological polar surface area (TPSA) is 87.0 Å². The average Bonchev–Trinajstić information content (AvgIpc) is 2.43. The molecule has 1 aliphatic rings. The van der Waals surface area contributed by atoms with Gasteiger partial charge >= 0.3 is 0 Å². The Labute approximate surface area is 121 Å². The van der Waals surface area contributed by atoms with Gasteiger partial charge in [-0.1, -0.05) is 0 Å². The molecule has 5 nitrogen and oxygen atoms in total. The van der Waals surface area contributed by atoms with Crippen LogP contribution in [0.2, 0.25) is 0 Å². The van der Waals surface area contributed by atoms with Crippen molar-refractivity contribution in [2.45, 2.75) is 13.3 Å². The summed E-state index contributed by atoms with van der Waals surface area (Å²) in [6.45, 7) is 1.65. The molecule has 3 rings (SSSR count). The SMILES string of the molecule is COc1cc(O)c2c(c1)Cc1c(O)c(C)cc(O)c1C2=O. The predicted molar refractivity (Wildman–Crippen MR) is 75.4 cm³/mol. The zero-order valence-corrected chi connectivity index (χ0v) is 11.6. The lowest BCUT2D eigenvalue weighted by Crippen LogP contribution is -2.16. The molecule has 21 heavy (non-hydrogen) atoms. The number of fused-ring (bicyclic) bond motifs is 2. The van der Waals surface area contributed by atoms with Crippen molar-refractivity contribution in [3.8, 4) is 23.0 Å². The van der Waals surface area contributed by atoms with Crippen molar-refractivity contribution >= 4 is 5.78 Å². The van der Waals surface area contributed by atoms with Crippen LogP contribution in [0.4, 0.5) is 0 Å². The van der Waals surface area contributed by atoms with Crippen molar-refractivity contribution in [1.29, 1.82) is 0 Å². The van der Waals surface area contributed by atoms with Gasteiger partial charge in [0.1, 0.15) is 23.0 Å². The molecule has 2 aromatic rings. The Balaban J connectivity index is 2.29. The van der Waals surface area contributed by atoms with Crippen molar-refractivity contribution in [2.75, 3.05) is 7.11 Å². The van der Waals surface area contributed by atoms with Crippen LogP contribution in [-0.4, -0.2) is 28.2 Å². The van der Waals surface area contributed by atoms with E-state index in [9.17, 15) is 20.1 Å². The molecule has 0 bridgehead atoms. The number of phenolic OH excluding ortho intramolecular Hbond substituents is 3. The fraction of sp³-hybridized carbons (Fsp3) is 0.188. The van der Waals surface area contributed by atoms with Crippen LogP contribution in [0.25, 0.3) is 0 Å². The Morgan fingerprint density at radius 3 is 2.38 bits per heavy atom. The van der Waals surface area contributed by atoms with Crippen molar-refractivity contribution in [2.24, 2.45) is 0 Å². The minimum atomic E-state index is -0.501. The van der Waals surface area contributed by atoms with E-state index in [1.54, 1.807) is 13.0 Å². The Morgan fingerprint density at radius 2 is 1.71 bits per heavy atom. The number of aryl methyl sites for hydroxylation is 1. The first-order valence-corrected chi connectivity index (χ1v) is 6.43. The number of aromatic hydroxyl groups is 3. The molecule has 0 radical (unpaired) electrons. The fourth-order valence-corrected chi connectivity index (χ4v) is 2.77. The van der Waals surface area contributed by atoms with Crippen LogP contribution in [0.15, 0.2) is 18.2 Å². The number of carbonyl (C=O) groups excluding carboxylic acids is 1. The third kappa shape index (κ3) is 1.81. The number of rotatable bonds is 1. The van der Waals surface area contributed by atoms with E-state index in [2.05, 4.69) is 0 Å². The van der Waals surface area contributed by atoms with Crippen molar-refractivity contribution in [1.82, 2.24) is 0 Å². The molecule has 3 N–H and O–H groups in total.